The lowest BCUT2D eigenvalue weighted by Crippen LogP contribution is -2.48. The van der Waals surface area contributed by atoms with Gasteiger partial charge < -0.3 is 4.90 Å². The van der Waals surface area contributed by atoms with Gasteiger partial charge in [-0.2, -0.15) is 5.10 Å². The lowest BCUT2D eigenvalue weighted by molar-refractivity contribution is 0.141. The van der Waals surface area contributed by atoms with Crippen molar-refractivity contribution < 1.29 is 8.78 Å². The minimum atomic E-state index is -2.71. The van der Waals surface area contributed by atoms with Gasteiger partial charge in [-0.1, -0.05) is 32.9 Å². The van der Waals surface area contributed by atoms with E-state index in [9.17, 15) is 13.6 Å². The molecule has 0 atom stereocenters. The van der Waals surface area contributed by atoms with Gasteiger partial charge in [-0.15, -0.1) is 0 Å². The highest BCUT2D eigenvalue weighted by Crippen LogP contribution is 2.27. The Morgan fingerprint density at radius 2 is 1.69 bits per heavy atom. The fraction of sp³-hybridized carbons (Fsp3) is 0.478. The van der Waals surface area contributed by atoms with Gasteiger partial charge in [0.05, 0.1) is 17.8 Å². The van der Waals surface area contributed by atoms with E-state index in [1.165, 1.54) is 4.68 Å². The van der Waals surface area contributed by atoms with Crippen LogP contribution in [0.1, 0.15) is 38.7 Å². The van der Waals surface area contributed by atoms with Crippen LogP contribution in [-0.2, 0) is 12.0 Å². The Morgan fingerprint density at radius 1 is 0.969 bits per heavy atom. The Hall–Kier alpha value is -2.94. The minimum Gasteiger partial charge on any atom is -0.353 e. The largest absolute Gasteiger partial charge is 0.353 e. The van der Waals surface area contributed by atoms with E-state index < -0.39 is 12.2 Å². The molecular weight excluding hydrogens is 414 g/mol. The zero-order valence-corrected chi connectivity index (χ0v) is 18.6. The molecule has 1 saturated heterocycles. The monoisotopic (exact) mass is 442 g/mol. The second-order valence-corrected chi connectivity index (χ2v) is 9.08. The molecule has 3 heterocycles. The van der Waals surface area contributed by atoms with Gasteiger partial charge in [0.1, 0.15) is 5.82 Å². The average Bonchev–Trinajstić information content (AvgIpc) is 2.77. The number of hydrogen-bond donors (Lipinski definition) is 0. The first kappa shape index (κ1) is 22.3. The van der Waals surface area contributed by atoms with Gasteiger partial charge in [-0.25, -0.2) is 23.4 Å². The van der Waals surface area contributed by atoms with Crippen molar-refractivity contribution in [1.29, 1.82) is 0 Å². The number of nitrogens with zero attached hydrogens (tertiary/aromatic N) is 6. The van der Waals surface area contributed by atoms with Crippen LogP contribution in [0.15, 0.2) is 41.2 Å². The smallest absolute Gasteiger partial charge is 0.297 e. The number of para-hydroxylation sites is 1. The Bertz CT molecular complexity index is 1150. The van der Waals surface area contributed by atoms with Gasteiger partial charge in [0, 0.05) is 49.6 Å². The molecule has 1 aliphatic heterocycles. The molecule has 0 aliphatic carbocycles. The molecule has 0 amide bonds. The van der Waals surface area contributed by atoms with Crippen molar-refractivity contribution in [2.45, 2.75) is 39.2 Å². The number of anilines is 1. The highest BCUT2D eigenvalue weighted by Gasteiger charge is 2.23. The highest BCUT2D eigenvalue weighted by molar-refractivity contribution is 5.89. The predicted octanol–water partition coefficient (Wildman–Crippen LogP) is 3.24. The van der Waals surface area contributed by atoms with Gasteiger partial charge in [-0.3, -0.25) is 9.69 Å². The first-order valence-electron chi connectivity index (χ1n) is 10.8. The molecule has 1 aliphatic rings. The van der Waals surface area contributed by atoms with Crippen LogP contribution in [0.2, 0.25) is 0 Å². The molecule has 1 fully saturated rings. The van der Waals surface area contributed by atoms with Crippen molar-refractivity contribution in [2.24, 2.45) is 0 Å². The summed E-state index contributed by atoms with van der Waals surface area (Å²) < 4.78 is 28.2. The SMILES string of the molecule is CC(C)(C)c1ccc(=O)n(CCN2CCN(c3nc(C(F)F)nc4ccccc34)CC2)n1. The Balaban J connectivity index is 1.44. The van der Waals surface area contributed by atoms with Crippen LogP contribution in [-0.4, -0.2) is 57.4 Å². The van der Waals surface area contributed by atoms with E-state index in [0.717, 1.165) is 24.2 Å². The van der Waals surface area contributed by atoms with Crippen molar-refractivity contribution in [3.8, 4) is 0 Å². The van der Waals surface area contributed by atoms with Crippen molar-refractivity contribution in [1.82, 2.24) is 24.6 Å². The third-order valence-electron chi connectivity index (χ3n) is 5.73. The van der Waals surface area contributed by atoms with E-state index in [-0.39, 0.29) is 11.0 Å². The number of hydrogen-bond acceptors (Lipinski definition) is 6. The second kappa shape index (κ2) is 8.90. The molecule has 7 nitrogen and oxygen atoms in total. The normalized spacial score (nSPS) is 15.6. The maximum atomic E-state index is 13.3. The van der Waals surface area contributed by atoms with Gasteiger partial charge in [0.25, 0.3) is 12.0 Å². The first-order valence-corrected chi connectivity index (χ1v) is 10.8. The second-order valence-electron chi connectivity index (χ2n) is 9.08. The molecule has 0 bridgehead atoms. The lowest BCUT2D eigenvalue weighted by atomic mass is 9.92. The van der Waals surface area contributed by atoms with E-state index in [1.54, 1.807) is 24.3 Å². The summed E-state index contributed by atoms with van der Waals surface area (Å²) in [5, 5.41) is 5.31. The Labute approximate surface area is 185 Å². The van der Waals surface area contributed by atoms with Crippen LogP contribution in [0.3, 0.4) is 0 Å². The summed E-state index contributed by atoms with van der Waals surface area (Å²) in [6.07, 6.45) is -2.71. The molecule has 0 radical (unpaired) electrons. The van der Waals surface area contributed by atoms with E-state index in [1.807, 2.05) is 17.0 Å². The fourth-order valence-electron chi connectivity index (χ4n) is 3.84. The summed E-state index contributed by atoms with van der Waals surface area (Å²) in [7, 11) is 0. The third kappa shape index (κ3) is 4.77. The van der Waals surface area contributed by atoms with Gasteiger partial charge in [0.2, 0.25) is 0 Å². The molecule has 32 heavy (non-hydrogen) atoms. The zero-order chi connectivity index (χ0) is 22.9. The number of alkyl halides is 2. The molecule has 9 heteroatoms. The number of benzene rings is 1. The maximum Gasteiger partial charge on any atom is 0.297 e. The minimum absolute atomic E-state index is 0.108. The van der Waals surface area contributed by atoms with Gasteiger partial charge in [0.15, 0.2) is 5.82 Å². The van der Waals surface area contributed by atoms with Gasteiger partial charge >= 0.3 is 0 Å². The summed E-state index contributed by atoms with van der Waals surface area (Å²) in [6, 6.07) is 10.6. The van der Waals surface area contributed by atoms with Gasteiger partial charge in [-0.05, 0) is 18.2 Å². The molecule has 4 rings (SSSR count). The van der Waals surface area contributed by atoms with E-state index in [0.29, 0.717) is 37.5 Å². The molecule has 3 aromatic rings. The number of fused-ring (bicyclic) bond motifs is 1. The zero-order valence-electron chi connectivity index (χ0n) is 18.6. The average molecular weight is 443 g/mol. The lowest BCUT2D eigenvalue weighted by Gasteiger charge is -2.36. The quantitative estimate of drug-likeness (QED) is 0.604. The molecule has 0 saturated carbocycles. The summed E-state index contributed by atoms with van der Waals surface area (Å²) >= 11 is 0. The van der Waals surface area contributed by atoms with Crippen LogP contribution >= 0.6 is 0 Å². The molecular formula is C23H28F2N6O. The Morgan fingerprint density at radius 3 is 2.38 bits per heavy atom. The maximum absolute atomic E-state index is 13.3. The van der Waals surface area contributed by atoms with Crippen LogP contribution in [0.4, 0.5) is 14.6 Å². The van der Waals surface area contributed by atoms with E-state index in [4.69, 9.17) is 0 Å². The Kier molecular flexibility index (Phi) is 6.19. The predicted molar refractivity (Wildman–Crippen MR) is 120 cm³/mol. The first-order chi connectivity index (χ1) is 15.2. The van der Waals surface area contributed by atoms with E-state index in [2.05, 4.69) is 40.7 Å². The van der Waals surface area contributed by atoms with Crippen LogP contribution in [0, 0.1) is 0 Å². The molecule has 2 aromatic heterocycles. The number of piperazine rings is 1. The van der Waals surface area contributed by atoms with Crippen LogP contribution in [0.5, 0.6) is 0 Å². The number of halogens is 2. The van der Waals surface area contributed by atoms with Crippen molar-refractivity contribution in [3.05, 3.63) is 58.3 Å². The molecule has 170 valence electrons. The summed E-state index contributed by atoms with van der Waals surface area (Å²) in [6.45, 7) is 10.2. The summed E-state index contributed by atoms with van der Waals surface area (Å²) in [5.74, 6) is 0.117. The highest BCUT2D eigenvalue weighted by atomic mass is 19.3. The summed E-state index contributed by atoms with van der Waals surface area (Å²) in [4.78, 5) is 24.7. The molecule has 0 spiro atoms. The number of rotatable bonds is 5. The third-order valence-corrected chi connectivity index (χ3v) is 5.73. The summed E-state index contributed by atoms with van der Waals surface area (Å²) in [5.41, 5.74) is 1.17. The molecule has 0 N–H and O–H groups in total. The molecule has 0 unspecified atom stereocenters. The topological polar surface area (TPSA) is 67.2 Å². The van der Waals surface area contributed by atoms with Crippen LogP contribution < -0.4 is 10.5 Å². The van der Waals surface area contributed by atoms with E-state index >= 15 is 0 Å². The van der Waals surface area contributed by atoms with Crippen molar-refractivity contribution in [2.75, 3.05) is 37.6 Å². The van der Waals surface area contributed by atoms with Crippen molar-refractivity contribution >= 4 is 16.7 Å². The van der Waals surface area contributed by atoms with Crippen molar-refractivity contribution in [3.63, 3.8) is 0 Å². The van der Waals surface area contributed by atoms with Crippen LogP contribution in [0.25, 0.3) is 10.9 Å². The fourth-order valence-corrected chi connectivity index (χ4v) is 3.84. The number of aromatic nitrogens is 4. The molecule has 1 aromatic carbocycles. The standard InChI is InChI=1S/C23H28F2N6O/c1-23(2,3)18-8-9-19(32)31(28-18)15-12-29-10-13-30(14-11-29)22-16-6-4-5-7-17(16)26-21(27-22)20(24)25/h4-9,20H,10-15H2,1-3H3.